The van der Waals surface area contributed by atoms with Gasteiger partial charge in [0.15, 0.2) is 0 Å². The summed E-state index contributed by atoms with van der Waals surface area (Å²) in [5.74, 6) is -0.590. The van der Waals surface area contributed by atoms with Crippen molar-refractivity contribution in [1.29, 1.82) is 0 Å². The van der Waals surface area contributed by atoms with Crippen molar-refractivity contribution in [3.05, 3.63) is 84.6 Å². The van der Waals surface area contributed by atoms with E-state index in [4.69, 9.17) is 14.2 Å². The van der Waals surface area contributed by atoms with Gasteiger partial charge in [-0.15, -0.1) is 0 Å². The third-order valence-electron chi connectivity index (χ3n) is 5.65. The first-order chi connectivity index (χ1) is 17.3. The molecule has 0 aliphatic heterocycles. The van der Waals surface area contributed by atoms with Crippen molar-refractivity contribution in [3.63, 3.8) is 0 Å². The largest absolute Gasteiger partial charge is 0.497 e. The Kier molecular flexibility index (Phi) is 6.98. The fourth-order valence-corrected chi connectivity index (χ4v) is 5.31. The van der Waals surface area contributed by atoms with E-state index in [-0.39, 0.29) is 21.9 Å². The normalized spacial score (nSPS) is 11.2. The molecule has 0 amide bonds. The van der Waals surface area contributed by atoms with E-state index in [0.29, 0.717) is 16.7 Å². The van der Waals surface area contributed by atoms with Crippen molar-refractivity contribution in [1.82, 2.24) is 4.57 Å². The van der Waals surface area contributed by atoms with Gasteiger partial charge < -0.3 is 14.2 Å². The zero-order valence-corrected chi connectivity index (χ0v) is 20.7. The lowest BCUT2D eigenvalue weighted by Crippen LogP contribution is -2.37. The predicted molar refractivity (Wildman–Crippen MR) is 134 cm³/mol. The van der Waals surface area contributed by atoms with E-state index in [2.05, 4.69) is 0 Å². The minimum Gasteiger partial charge on any atom is -0.497 e. The van der Waals surface area contributed by atoms with Gasteiger partial charge in [0.05, 0.1) is 43.0 Å². The molecule has 0 aliphatic rings. The molecular formula is C26H24N2O7S. The van der Waals surface area contributed by atoms with Crippen LogP contribution in [0.25, 0.3) is 10.9 Å². The molecule has 0 saturated heterocycles. The highest BCUT2D eigenvalue weighted by Gasteiger charge is 2.31. The summed E-state index contributed by atoms with van der Waals surface area (Å²) in [6.45, 7) is -0.583. The predicted octanol–water partition coefficient (Wildman–Crippen LogP) is 3.98. The number of benzene rings is 3. The minimum atomic E-state index is -4.21. The third kappa shape index (κ3) is 4.50. The van der Waals surface area contributed by atoms with E-state index >= 15 is 0 Å². The van der Waals surface area contributed by atoms with Crippen LogP contribution in [0.1, 0.15) is 15.2 Å². The van der Waals surface area contributed by atoms with Gasteiger partial charge in [-0.05, 0) is 30.3 Å². The number of rotatable bonds is 8. The smallest absolute Gasteiger partial charge is 0.340 e. The Morgan fingerprint density at radius 1 is 0.889 bits per heavy atom. The fraction of sp³-hybridized carbons (Fsp3) is 0.154. The number of carbonyl (C=O) groups is 2. The van der Waals surface area contributed by atoms with Crippen LogP contribution in [-0.2, 0) is 14.8 Å². The molecule has 0 bridgehead atoms. The summed E-state index contributed by atoms with van der Waals surface area (Å²) in [7, 11) is -0.104. The minimum absolute atomic E-state index is 0.00436. The van der Waals surface area contributed by atoms with Crippen molar-refractivity contribution < 1.29 is 32.2 Å². The standard InChI is InChI=1S/C26H24N2O7S/c1-33-18-13-14-24(34-2)23(15-18)28(36(31,32)19-9-5-4-6-10-19)17-25(29)27-16-21(26(30)35-3)20-11-7-8-12-22(20)27/h4-16H,17H2,1-3H3. The number of hydrogen-bond acceptors (Lipinski definition) is 7. The number of hydrogen-bond donors (Lipinski definition) is 0. The monoisotopic (exact) mass is 508 g/mol. The number of anilines is 1. The van der Waals surface area contributed by atoms with Crippen LogP contribution in [0.15, 0.2) is 83.9 Å². The van der Waals surface area contributed by atoms with Gasteiger partial charge >= 0.3 is 5.97 Å². The van der Waals surface area contributed by atoms with Crippen LogP contribution >= 0.6 is 0 Å². The molecule has 9 nitrogen and oxygen atoms in total. The Hall–Kier alpha value is -4.31. The lowest BCUT2D eigenvalue weighted by molar-refractivity contribution is 0.0603. The highest BCUT2D eigenvalue weighted by Crippen LogP contribution is 2.36. The average molecular weight is 509 g/mol. The Balaban J connectivity index is 1.87. The topological polar surface area (TPSA) is 104 Å². The summed E-state index contributed by atoms with van der Waals surface area (Å²) in [5, 5.41) is 0.508. The lowest BCUT2D eigenvalue weighted by Gasteiger charge is -2.26. The Bertz CT molecular complexity index is 1530. The van der Waals surface area contributed by atoms with Crippen LogP contribution in [0.3, 0.4) is 0 Å². The molecule has 1 aromatic heterocycles. The summed E-state index contributed by atoms with van der Waals surface area (Å²) in [6.07, 6.45) is 1.36. The number of ether oxygens (including phenoxy) is 3. The van der Waals surface area contributed by atoms with Crippen LogP contribution in [0, 0.1) is 0 Å². The van der Waals surface area contributed by atoms with Gasteiger partial charge in [-0.2, -0.15) is 0 Å². The zero-order chi connectivity index (χ0) is 25.9. The van der Waals surface area contributed by atoms with Gasteiger partial charge in [0.25, 0.3) is 15.9 Å². The number of esters is 1. The lowest BCUT2D eigenvalue weighted by atomic mass is 10.2. The van der Waals surface area contributed by atoms with E-state index < -0.39 is 28.4 Å². The molecule has 186 valence electrons. The van der Waals surface area contributed by atoms with E-state index in [0.717, 1.165) is 4.31 Å². The summed E-state index contributed by atoms with van der Waals surface area (Å²) in [4.78, 5) is 25.9. The van der Waals surface area contributed by atoms with Crippen LogP contribution in [0.4, 0.5) is 5.69 Å². The first-order valence-electron chi connectivity index (χ1n) is 10.8. The van der Waals surface area contributed by atoms with E-state index in [1.165, 1.54) is 50.3 Å². The second-order valence-electron chi connectivity index (χ2n) is 7.68. The molecule has 0 spiro atoms. The maximum atomic E-state index is 13.8. The highest BCUT2D eigenvalue weighted by atomic mass is 32.2. The number of fused-ring (bicyclic) bond motifs is 1. The zero-order valence-electron chi connectivity index (χ0n) is 19.9. The van der Waals surface area contributed by atoms with Gasteiger partial charge in [0.1, 0.15) is 18.0 Å². The van der Waals surface area contributed by atoms with E-state index in [9.17, 15) is 18.0 Å². The molecule has 1 heterocycles. The number of sulfonamides is 1. The molecular weight excluding hydrogens is 484 g/mol. The van der Waals surface area contributed by atoms with Crippen molar-refractivity contribution in [3.8, 4) is 11.5 Å². The van der Waals surface area contributed by atoms with Crippen LogP contribution in [0.2, 0.25) is 0 Å². The van der Waals surface area contributed by atoms with Crippen molar-refractivity contribution in [2.24, 2.45) is 0 Å². The number of para-hydroxylation sites is 1. The maximum absolute atomic E-state index is 13.8. The molecule has 0 atom stereocenters. The number of carbonyl (C=O) groups excluding carboxylic acids is 2. The third-order valence-corrected chi connectivity index (χ3v) is 7.42. The summed E-state index contributed by atoms with van der Waals surface area (Å²) >= 11 is 0. The first kappa shape index (κ1) is 24.8. The van der Waals surface area contributed by atoms with Gasteiger partial charge in [0.2, 0.25) is 0 Å². The molecule has 0 unspecified atom stereocenters. The van der Waals surface area contributed by atoms with Crippen molar-refractivity contribution in [2.45, 2.75) is 4.90 Å². The number of methoxy groups -OCH3 is 3. The molecule has 0 radical (unpaired) electrons. The second kappa shape index (κ2) is 10.1. The number of aromatic nitrogens is 1. The van der Waals surface area contributed by atoms with Crippen molar-refractivity contribution >= 4 is 38.5 Å². The SMILES string of the molecule is COC(=O)c1cn(C(=O)CN(c2cc(OC)ccc2OC)S(=O)(=O)c2ccccc2)c2ccccc12. The molecule has 0 aliphatic carbocycles. The summed E-state index contributed by atoms with van der Waals surface area (Å²) < 4.78 is 45.4. The average Bonchev–Trinajstić information content (AvgIpc) is 3.31. The Morgan fingerprint density at radius 3 is 2.25 bits per heavy atom. The van der Waals surface area contributed by atoms with Gasteiger partial charge in [0, 0.05) is 17.6 Å². The Labute approximate surface area is 208 Å². The molecule has 0 saturated carbocycles. The molecule has 4 aromatic rings. The van der Waals surface area contributed by atoms with E-state index in [1.54, 1.807) is 54.6 Å². The first-order valence-corrected chi connectivity index (χ1v) is 12.3. The fourth-order valence-electron chi connectivity index (χ4n) is 3.87. The highest BCUT2D eigenvalue weighted by molar-refractivity contribution is 7.92. The molecule has 4 rings (SSSR count). The maximum Gasteiger partial charge on any atom is 0.340 e. The number of nitrogens with zero attached hydrogens (tertiary/aromatic N) is 2. The van der Waals surface area contributed by atoms with Crippen molar-refractivity contribution in [2.75, 3.05) is 32.2 Å². The Morgan fingerprint density at radius 2 is 1.58 bits per heavy atom. The van der Waals surface area contributed by atoms with E-state index in [1.807, 2.05) is 0 Å². The summed E-state index contributed by atoms with van der Waals surface area (Å²) in [5.41, 5.74) is 0.758. The second-order valence-corrected chi connectivity index (χ2v) is 9.54. The molecule has 10 heteroatoms. The quantitative estimate of drug-likeness (QED) is 0.332. The van der Waals surface area contributed by atoms with Crippen LogP contribution < -0.4 is 13.8 Å². The van der Waals surface area contributed by atoms with Gasteiger partial charge in [-0.25, -0.2) is 13.2 Å². The molecule has 36 heavy (non-hydrogen) atoms. The van der Waals surface area contributed by atoms with Gasteiger partial charge in [-0.1, -0.05) is 36.4 Å². The van der Waals surface area contributed by atoms with Gasteiger partial charge in [-0.3, -0.25) is 13.7 Å². The van der Waals surface area contributed by atoms with Crippen LogP contribution in [-0.4, -0.2) is 52.7 Å². The van der Waals surface area contributed by atoms with Crippen LogP contribution in [0.5, 0.6) is 11.5 Å². The summed E-state index contributed by atoms with van der Waals surface area (Å²) in [6, 6.07) is 19.3. The molecule has 3 aromatic carbocycles. The molecule has 0 N–H and O–H groups in total. The molecule has 0 fully saturated rings.